The summed E-state index contributed by atoms with van der Waals surface area (Å²) in [4.78, 5) is 12.5. The summed E-state index contributed by atoms with van der Waals surface area (Å²) in [6.45, 7) is 5.90. The smallest absolute Gasteiger partial charge is 0.315 e. The van der Waals surface area contributed by atoms with Crippen LogP contribution >= 0.6 is 0 Å². The third kappa shape index (κ3) is 6.46. The Morgan fingerprint density at radius 3 is 2.72 bits per heavy atom. The Balaban J connectivity index is 1.59. The van der Waals surface area contributed by atoms with Crippen molar-refractivity contribution in [1.82, 2.24) is 10.6 Å². The van der Waals surface area contributed by atoms with Crippen LogP contribution in [0, 0.1) is 11.7 Å². The second kappa shape index (κ2) is 10.3. The molecule has 156 valence electrons. The topological polar surface area (TPSA) is 59.6 Å². The number of amides is 2. The van der Waals surface area contributed by atoms with E-state index in [4.69, 9.17) is 9.47 Å². The molecule has 29 heavy (non-hydrogen) atoms. The van der Waals surface area contributed by atoms with Gasteiger partial charge in [-0.15, -0.1) is 0 Å². The lowest BCUT2D eigenvalue weighted by atomic mass is 9.99. The summed E-state index contributed by atoms with van der Waals surface area (Å²) in [6.07, 6.45) is 1.70. The molecule has 1 fully saturated rings. The minimum absolute atomic E-state index is 0.112. The van der Waals surface area contributed by atoms with Crippen LogP contribution in [0.25, 0.3) is 0 Å². The number of carbonyl (C=O) groups is 1. The van der Waals surface area contributed by atoms with Crippen molar-refractivity contribution in [2.45, 2.75) is 45.4 Å². The van der Waals surface area contributed by atoms with Crippen molar-refractivity contribution in [3.63, 3.8) is 0 Å². The van der Waals surface area contributed by atoms with Gasteiger partial charge in [-0.1, -0.05) is 38.1 Å². The fraction of sp³-hybridized carbons (Fsp3) is 0.435. The molecule has 0 spiro atoms. The van der Waals surface area contributed by atoms with Crippen molar-refractivity contribution in [2.24, 2.45) is 5.92 Å². The van der Waals surface area contributed by atoms with Gasteiger partial charge in [0, 0.05) is 13.2 Å². The van der Waals surface area contributed by atoms with Gasteiger partial charge >= 0.3 is 6.03 Å². The molecule has 0 bridgehead atoms. The fourth-order valence-electron chi connectivity index (χ4n) is 3.31. The van der Waals surface area contributed by atoms with E-state index in [1.54, 1.807) is 12.1 Å². The Hall–Kier alpha value is -2.60. The van der Waals surface area contributed by atoms with E-state index in [1.165, 1.54) is 12.1 Å². The van der Waals surface area contributed by atoms with Crippen LogP contribution in [0.5, 0.6) is 5.75 Å². The molecule has 5 nitrogen and oxygen atoms in total. The van der Waals surface area contributed by atoms with Gasteiger partial charge in [-0.05, 0) is 54.2 Å². The summed E-state index contributed by atoms with van der Waals surface area (Å²) >= 11 is 0. The average Bonchev–Trinajstić information content (AvgIpc) is 3.25. The predicted molar refractivity (Wildman–Crippen MR) is 110 cm³/mol. The first-order valence-corrected chi connectivity index (χ1v) is 10.1. The van der Waals surface area contributed by atoms with E-state index in [1.807, 2.05) is 24.3 Å². The fourth-order valence-corrected chi connectivity index (χ4v) is 3.31. The quantitative estimate of drug-likeness (QED) is 0.682. The number of ether oxygens (including phenoxy) is 2. The molecule has 1 aliphatic heterocycles. The van der Waals surface area contributed by atoms with Crippen molar-refractivity contribution < 1.29 is 18.7 Å². The molecule has 1 aliphatic rings. The molecule has 1 heterocycles. The van der Waals surface area contributed by atoms with Crippen LogP contribution in [0.15, 0.2) is 48.5 Å². The maximum absolute atomic E-state index is 13.3. The van der Waals surface area contributed by atoms with E-state index in [0.717, 1.165) is 29.7 Å². The maximum Gasteiger partial charge on any atom is 0.315 e. The van der Waals surface area contributed by atoms with Crippen molar-refractivity contribution in [1.29, 1.82) is 0 Å². The highest BCUT2D eigenvalue weighted by Gasteiger charge is 2.28. The molecule has 0 radical (unpaired) electrons. The first kappa shape index (κ1) is 21.1. The molecule has 2 unspecified atom stereocenters. The molecule has 2 amide bonds. The van der Waals surface area contributed by atoms with Crippen molar-refractivity contribution >= 4 is 6.03 Å². The zero-order chi connectivity index (χ0) is 20.6. The van der Waals surface area contributed by atoms with Crippen LogP contribution in [0.1, 0.15) is 43.9 Å². The Morgan fingerprint density at radius 2 is 2.03 bits per heavy atom. The van der Waals surface area contributed by atoms with Crippen LogP contribution < -0.4 is 15.4 Å². The van der Waals surface area contributed by atoms with Crippen LogP contribution in [-0.2, 0) is 11.3 Å². The minimum atomic E-state index is -0.321. The lowest BCUT2D eigenvalue weighted by Crippen LogP contribution is -2.42. The number of hydrogen-bond donors (Lipinski definition) is 2. The van der Waals surface area contributed by atoms with Gasteiger partial charge in [0.2, 0.25) is 0 Å². The normalized spacial score (nSPS) is 17.2. The third-order valence-electron chi connectivity index (χ3n) is 4.79. The molecule has 2 N–H and O–H groups in total. The zero-order valence-corrected chi connectivity index (χ0v) is 17.0. The van der Waals surface area contributed by atoms with E-state index < -0.39 is 0 Å². The molecular formula is C23H29FN2O3. The number of urea groups is 1. The number of carbonyl (C=O) groups excluding carboxylic acids is 1. The van der Waals surface area contributed by atoms with Gasteiger partial charge in [-0.3, -0.25) is 0 Å². The third-order valence-corrected chi connectivity index (χ3v) is 4.79. The molecule has 3 rings (SSSR count). The SMILES string of the molecule is CC(C)COc1cccc(CNC(=O)NC(c2ccc(F)cc2)C2CCCO2)c1. The van der Waals surface area contributed by atoms with Gasteiger partial charge in [-0.25, -0.2) is 9.18 Å². The van der Waals surface area contributed by atoms with E-state index >= 15 is 0 Å². The number of rotatable bonds is 8. The molecule has 0 saturated carbocycles. The number of nitrogens with one attached hydrogen (secondary N) is 2. The molecule has 0 aliphatic carbocycles. The van der Waals surface area contributed by atoms with Crippen LogP contribution in [0.3, 0.4) is 0 Å². The monoisotopic (exact) mass is 400 g/mol. The van der Waals surface area contributed by atoms with Gasteiger partial charge in [0.25, 0.3) is 0 Å². The zero-order valence-electron chi connectivity index (χ0n) is 17.0. The summed E-state index contributed by atoms with van der Waals surface area (Å²) in [7, 11) is 0. The standard InChI is InChI=1S/C23H29FN2O3/c1-16(2)15-29-20-6-3-5-17(13-20)14-25-23(27)26-22(21-7-4-12-28-21)18-8-10-19(24)11-9-18/h3,5-6,8-11,13,16,21-22H,4,7,12,14-15H2,1-2H3,(H2,25,26,27). The summed E-state index contributed by atoms with van der Waals surface area (Å²) in [6, 6.07) is 13.3. The van der Waals surface area contributed by atoms with Crippen LogP contribution in [-0.4, -0.2) is 25.3 Å². The second-order valence-corrected chi connectivity index (χ2v) is 7.76. The largest absolute Gasteiger partial charge is 0.493 e. The molecular weight excluding hydrogens is 371 g/mol. The highest BCUT2D eigenvalue weighted by atomic mass is 19.1. The second-order valence-electron chi connectivity index (χ2n) is 7.76. The van der Waals surface area contributed by atoms with E-state index in [9.17, 15) is 9.18 Å². The summed E-state index contributed by atoms with van der Waals surface area (Å²) < 4.78 is 24.8. The average molecular weight is 400 g/mol. The first-order valence-electron chi connectivity index (χ1n) is 10.1. The van der Waals surface area contributed by atoms with Gasteiger partial charge in [-0.2, -0.15) is 0 Å². The van der Waals surface area contributed by atoms with Crippen molar-refractivity contribution in [2.75, 3.05) is 13.2 Å². The molecule has 6 heteroatoms. The molecule has 2 aromatic carbocycles. The first-order chi connectivity index (χ1) is 14.0. The van der Waals surface area contributed by atoms with Gasteiger partial charge in [0.15, 0.2) is 0 Å². The van der Waals surface area contributed by atoms with E-state index in [-0.39, 0.29) is 24.0 Å². The maximum atomic E-state index is 13.3. The highest BCUT2D eigenvalue weighted by Crippen LogP contribution is 2.27. The van der Waals surface area contributed by atoms with E-state index in [0.29, 0.717) is 25.7 Å². The molecule has 1 saturated heterocycles. The molecule has 0 aromatic heterocycles. The van der Waals surface area contributed by atoms with Crippen LogP contribution in [0.4, 0.5) is 9.18 Å². The molecule has 2 atom stereocenters. The Morgan fingerprint density at radius 1 is 1.24 bits per heavy atom. The van der Waals surface area contributed by atoms with Gasteiger partial charge in [0.1, 0.15) is 11.6 Å². The minimum Gasteiger partial charge on any atom is -0.493 e. The van der Waals surface area contributed by atoms with Gasteiger partial charge in [0.05, 0.1) is 18.8 Å². The van der Waals surface area contributed by atoms with Gasteiger partial charge < -0.3 is 20.1 Å². The summed E-state index contributed by atoms with van der Waals surface area (Å²) in [5, 5.41) is 5.88. The summed E-state index contributed by atoms with van der Waals surface area (Å²) in [5.41, 5.74) is 1.79. The number of hydrogen-bond acceptors (Lipinski definition) is 3. The van der Waals surface area contributed by atoms with E-state index in [2.05, 4.69) is 24.5 Å². The van der Waals surface area contributed by atoms with Crippen molar-refractivity contribution in [3.8, 4) is 5.75 Å². The Labute approximate surface area is 171 Å². The Bertz CT molecular complexity index is 789. The lowest BCUT2D eigenvalue weighted by molar-refractivity contribution is 0.0807. The number of benzene rings is 2. The highest BCUT2D eigenvalue weighted by molar-refractivity contribution is 5.74. The Kier molecular flexibility index (Phi) is 7.47. The van der Waals surface area contributed by atoms with Crippen molar-refractivity contribution in [3.05, 3.63) is 65.5 Å². The number of halogens is 1. The molecule has 2 aromatic rings. The lowest BCUT2D eigenvalue weighted by Gasteiger charge is -2.25. The summed E-state index contributed by atoms with van der Waals surface area (Å²) in [5.74, 6) is 0.939. The predicted octanol–water partition coefficient (Wildman–Crippen LogP) is 4.58. The van der Waals surface area contributed by atoms with Crippen LogP contribution in [0.2, 0.25) is 0 Å².